The molecule has 27 heavy (non-hydrogen) atoms. The monoisotopic (exact) mass is 365 g/mol. The molecule has 6 nitrogen and oxygen atoms in total. The zero-order valence-corrected chi connectivity index (χ0v) is 14.4. The maximum atomic E-state index is 13.2. The first-order valence-electron chi connectivity index (χ1n) is 8.70. The smallest absolute Gasteiger partial charge is 0.254 e. The van der Waals surface area contributed by atoms with Crippen LogP contribution in [0.25, 0.3) is 11.3 Å². The van der Waals surface area contributed by atoms with E-state index in [-0.39, 0.29) is 18.5 Å². The topological polar surface area (TPSA) is 67.5 Å². The van der Waals surface area contributed by atoms with E-state index in [2.05, 4.69) is 10.2 Å². The molecule has 0 saturated heterocycles. The highest BCUT2D eigenvalue weighted by Crippen LogP contribution is 2.34. The van der Waals surface area contributed by atoms with E-state index in [4.69, 9.17) is 9.47 Å². The summed E-state index contributed by atoms with van der Waals surface area (Å²) < 4.78 is 23.9. The molecule has 0 aliphatic carbocycles. The van der Waals surface area contributed by atoms with E-state index in [9.17, 15) is 9.18 Å². The Morgan fingerprint density at radius 1 is 1.11 bits per heavy atom. The molecule has 1 aromatic heterocycles. The minimum absolute atomic E-state index is 0.0646. The number of rotatable bonds is 2. The van der Waals surface area contributed by atoms with Gasteiger partial charge in [0, 0.05) is 41.9 Å². The van der Waals surface area contributed by atoms with Gasteiger partial charge in [0.05, 0.1) is 5.69 Å². The third-order valence-corrected chi connectivity index (χ3v) is 4.96. The Kier molecular flexibility index (Phi) is 3.60. The Hall–Kier alpha value is -3.35. The zero-order chi connectivity index (χ0) is 18.4. The molecular formula is C20H16FN3O3. The quantitative estimate of drug-likeness (QED) is 0.758. The van der Waals surface area contributed by atoms with Crippen molar-refractivity contribution in [1.29, 1.82) is 0 Å². The molecule has 2 aromatic carbocycles. The SMILES string of the molecule is O=C(c1ccc2c(c1)OCO2)N1CCc2[nH]nc(-c3ccc(F)cc3)c2C1. The number of nitrogens with one attached hydrogen (secondary N) is 1. The maximum absolute atomic E-state index is 13.2. The van der Waals surface area contributed by atoms with Crippen LogP contribution in [0.4, 0.5) is 4.39 Å². The first-order chi connectivity index (χ1) is 13.2. The number of carbonyl (C=O) groups excluding carboxylic acids is 1. The van der Waals surface area contributed by atoms with Crippen LogP contribution in [0.15, 0.2) is 42.5 Å². The number of carbonyl (C=O) groups is 1. The van der Waals surface area contributed by atoms with E-state index in [0.29, 0.717) is 36.6 Å². The van der Waals surface area contributed by atoms with E-state index in [1.807, 2.05) is 0 Å². The molecule has 0 atom stereocenters. The number of amides is 1. The minimum atomic E-state index is -0.289. The van der Waals surface area contributed by atoms with Gasteiger partial charge in [0.2, 0.25) is 6.79 Å². The van der Waals surface area contributed by atoms with Crippen LogP contribution in [0.5, 0.6) is 11.5 Å². The molecule has 2 aliphatic heterocycles. The molecule has 0 spiro atoms. The number of ether oxygens (including phenoxy) is 2. The van der Waals surface area contributed by atoms with Crippen molar-refractivity contribution in [3.63, 3.8) is 0 Å². The fourth-order valence-corrected chi connectivity index (χ4v) is 3.53. The van der Waals surface area contributed by atoms with E-state index < -0.39 is 0 Å². The first kappa shape index (κ1) is 15.9. The predicted octanol–water partition coefficient (Wildman–Crippen LogP) is 3.14. The van der Waals surface area contributed by atoms with Crippen LogP contribution in [0, 0.1) is 5.82 Å². The molecule has 1 N–H and O–H groups in total. The number of benzene rings is 2. The molecule has 0 unspecified atom stereocenters. The van der Waals surface area contributed by atoms with Gasteiger partial charge in [0.1, 0.15) is 5.82 Å². The van der Waals surface area contributed by atoms with Crippen molar-refractivity contribution in [2.45, 2.75) is 13.0 Å². The lowest BCUT2D eigenvalue weighted by molar-refractivity contribution is 0.0734. The van der Waals surface area contributed by atoms with Crippen molar-refractivity contribution in [2.24, 2.45) is 0 Å². The van der Waals surface area contributed by atoms with E-state index in [1.165, 1.54) is 12.1 Å². The number of hydrogen-bond acceptors (Lipinski definition) is 4. The van der Waals surface area contributed by atoms with E-state index in [0.717, 1.165) is 22.5 Å². The molecule has 3 aromatic rings. The van der Waals surface area contributed by atoms with Gasteiger partial charge in [-0.05, 0) is 42.5 Å². The number of hydrogen-bond donors (Lipinski definition) is 1. The Morgan fingerprint density at radius 2 is 1.93 bits per heavy atom. The second-order valence-electron chi connectivity index (χ2n) is 6.58. The van der Waals surface area contributed by atoms with Gasteiger partial charge >= 0.3 is 0 Å². The fraction of sp³-hybridized carbons (Fsp3) is 0.200. The van der Waals surface area contributed by atoms with Crippen LogP contribution in [0.2, 0.25) is 0 Å². The van der Waals surface area contributed by atoms with Gasteiger partial charge in [-0.2, -0.15) is 5.10 Å². The molecule has 0 radical (unpaired) electrons. The summed E-state index contributed by atoms with van der Waals surface area (Å²) in [5, 5.41) is 7.44. The second kappa shape index (κ2) is 6.12. The Bertz CT molecular complexity index is 1030. The predicted molar refractivity (Wildman–Crippen MR) is 95.0 cm³/mol. The standard InChI is InChI=1S/C20H16FN3O3/c21-14-4-1-12(2-5-14)19-15-10-24(8-7-16(15)22-23-19)20(25)13-3-6-17-18(9-13)27-11-26-17/h1-6,9H,7-8,10-11H2,(H,22,23). The highest BCUT2D eigenvalue weighted by atomic mass is 19.1. The van der Waals surface area contributed by atoms with Crippen molar-refractivity contribution >= 4 is 5.91 Å². The second-order valence-corrected chi connectivity index (χ2v) is 6.58. The van der Waals surface area contributed by atoms with E-state index in [1.54, 1.807) is 35.2 Å². The van der Waals surface area contributed by atoms with Crippen LogP contribution in [0.3, 0.4) is 0 Å². The number of H-pyrrole nitrogens is 1. The van der Waals surface area contributed by atoms with Gasteiger partial charge in [-0.15, -0.1) is 0 Å². The summed E-state index contributed by atoms with van der Waals surface area (Å²) in [6.07, 6.45) is 0.694. The van der Waals surface area contributed by atoms with E-state index >= 15 is 0 Å². The summed E-state index contributed by atoms with van der Waals surface area (Å²) in [7, 11) is 0. The molecule has 0 saturated carbocycles. The lowest BCUT2D eigenvalue weighted by Crippen LogP contribution is -2.35. The van der Waals surface area contributed by atoms with Crippen molar-refractivity contribution < 1.29 is 18.7 Å². The highest BCUT2D eigenvalue weighted by Gasteiger charge is 2.27. The molecule has 136 valence electrons. The average Bonchev–Trinajstić information content (AvgIpc) is 3.33. The van der Waals surface area contributed by atoms with Crippen LogP contribution in [-0.4, -0.2) is 34.3 Å². The number of fused-ring (bicyclic) bond motifs is 2. The van der Waals surface area contributed by atoms with Crippen LogP contribution in [-0.2, 0) is 13.0 Å². The van der Waals surface area contributed by atoms with Crippen LogP contribution < -0.4 is 9.47 Å². The summed E-state index contributed by atoms with van der Waals surface area (Å²) in [6, 6.07) is 11.4. The maximum Gasteiger partial charge on any atom is 0.254 e. The Labute approximate surface area is 154 Å². The van der Waals surface area contributed by atoms with Crippen LogP contribution in [0.1, 0.15) is 21.6 Å². The molecule has 3 heterocycles. The van der Waals surface area contributed by atoms with Gasteiger partial charge in [0.25, 0.3) is 5.91 Å². The lowest BCUT2D eigenvalue weighted by atomic mass is 10.0. The van der Waals surface area contributed by atoms with Crippen molar-refractivity contribution in [3.05, 3.63) is 65.1 Å². The highest BCUT2D eigenvalue weighted by molar-refractivity contribution is 5.95. The third-order valence-electron chi connectivity index (χ3n) is 4.96. The van der Waals surface area contributed by atoms with Crippen LogP contribution >= 0.6 is 0 Å². The lowest BCUT2D eigenvalue weighted by Gasteiger charge is -2.27. The summed E-state index contributed by atoms with van der Waals surface area (Å²) in [4.78, 5) is 14.8. The first-order valence-corrected chi connectivity index (χ1v) is 8.70. The zero-order valence-electron chi connectivity index (χ0n) is 14.4. The molecule has 2 aliphatic rings. The summed E-state index contributed by atoms with van der Waals surface area (Å²) >= 11 is 0. The molecule has 1 amide bonds. The fourth-order valence-electron chi connectivity index (χ4n) is 3.53. The van der Waals surface area contributed by atoms with Crippen molar-refractivity contribution in [1.82, 2.24) is 15.1 Å². The van der Waals surface area contributed by atoms with Crippen molar-refractivity contribution in [2.75, 3.05) is 13.3 Å². The van der Waals surface area contributed by atoms with Gasteiger partial charge < -0.3 is 14.4 Å². The van der Waals surface area contributed by atoms with Gasteiger partial charge in [-0.1, -0.05) is 0 Å². The number of halogens is 1. The van der Waals surface area contributed by atoms with Gasteiger partial charge in [0.15, 0.2) is 11.5 Å². The number of nitrogens with zero attached hydrogens (tertiary/aromatic N) is 2. The number of aromatic nitrogens is 2. The third kappa shape index (κ3) is 2.71. The molecular weight excluding hydrogens is 349 g/mol. The summed E-state index contributed by atoms with van der Waals surface area (Å²) in [5.74, 6) is 0.891. The van der Waals surface area contributed by atoms with Crippen molar-refractivity contribution in [3.8, 4) is 22.8 Å². The Balaban J connectivity index is 1.43. The molecule has 5 rings (SSSR count). The number of aromatic amines is 1. The summed E-state index contributed by atoms with van der Waals surface area (Å²) in [6.45, 7) is 1.23. The Morgan fingerprint density at radius 3 is 2.78 bits per heavy atom. The average molecular weight is 365 g/mol. The normalized spacial score (nSPS) is 14.9. The van der Waals surface area contributed by atoms with Gasteiger partial charge in [-0.3, -0.25) is 9.89 Å². The largest absolute Gasteiger partial charge is 0.454 e. The molecule has 7 heteroatoms. The minimum Gasteiger partial charge on any atom is -0.454 e. The summed E-state index contributed by atoms with van der Waals surface area (Å²) in [5.41, 5.74) is 4.14. The molecule has 0 bridgehead atoms. The molecule has 0 fully saturated rings. The van der Waals surface area contributed by atoms with Gasteiger partial charge in [-0.25, -0.2) is 4.39 Å².